The molecule has 1 rings (SSSR count). The monoisotopic (exact) mass is 216 g/mol. The van der Waals surface area contributed by atoms with Crippen molar-refractivity contribution in [2.75, 3.05) is 13.1 Å². The van der Waals surface area contributed by atoms with Crippen molar-refractivity contribution in [2.45, 2.75) is 32.9 Å². The van der Waals surface area contributed by atoms with E-state index < -0.39 is 18.2 Å². The van der Waals surface area contributed by atoms with E-state index in [4.69, 9.17) is 4.74 Å². The van der Waals surface area contributed by atoms with Crippen molar-refractivity contribution in [3.63, 3.8) is 0 Å². The Balaban J connectivity index is 2.56. The molecule has 0 radical (unpaired) electrons. The van der Waals surface area contributed by atoms with E-state index in [1.165, 1.54) is 4.90 Å². The lowest BCUT2D eigenvalue weighted by molar-refractivity contribution is -0.205. The summed E-state index contributed by atoms with van der Waals surface area (Å²) in [6.45, 7) is 4.51. The van der Waals surface area contributed by atoms with Crippen molar-refractivity contribution in [3.05, 3.63) is 0 Å². The molecule has 6 nitrogen and oxygen atoms in total. The molecular formula is C9H16N2O4. The maximum Gasteiger partial charge on any atom is 0.347 e. The first-order valence-corrected chi connectivity index (χ1v) is 5.06. The lowest BCUT2D eigenvalue weighted by Crippen LogP contribution is -2.54. The molecule has 1 aliphatic heterocycles. The average molecular weight is 216 g/mol. The molecule has 0 saturated carbocycles. The van der Waals surface area contributed by atoms with Crippen LogP contribution >= 0.6 is 0 Å². The zero-order valence-electron chi connectivity index (χ0n) is 8.97. The van der Waals surface area contributed by atoms with E-state index >= 15 is 0 Å². The topological polar surface area (TPSA) is 70.1 Å². The molecule has 2 amide bonds. The van der Waals surface area contributed by atoms with Crippen LogP contribution in [0.15, 0.2) is 0 Å². The Kier molecular flexibility index (Phi) is 3.90. The summed E-state index contributed by atoms with van der Waals surface area (Å²) in [6, 6.07) is -0.516. The van der Waals surface area contributed by atoms with Crippen LogP contribution in [0.3, 0.4) is 0 Å². The predicted molar refractivity (Wildman–Crippen MR) is 51.1 cm³/mol. The molecule has 0 aliphatic carbocycles. The predicted octanol–water partition coefficient (Wildman–Crippen LogP) is 0.802. The first kappa shape index (κ1) is 11.8. The van der Waals surface area contributed by atoms with Crippen molar-refractivity contribution >= 4 is 12.0 Å². The highest BCUT2D eigenvalue weighted by atomic mass is 16.6. The quantitative estimate of drug-likeness (QED) is 0.559. The normalized spacial score (nSPS) is 21.8. The third kappa shape index (κ3) is 2.59. The fourth-order valence-electron chi connectivity index (χ4n) is 1.39. The Morgan fingerprint density at radius 3 is 2.80 bits per heavy atom. The number of rotatable bonds is 3. The minimum Gasteiger partial charge on any atom is -0.439 e. The lowest BCUT2D eigenvalue weighted by Gasteiger charge is -2.36. The third-order valence-corrected chi connectivity index (χ3v) is 2.32. The molecule has 6 heteroatoms. The van der Waals surface area contributed by atoms with Crippen LogP contribution in [0.25, 0.3) is 0 Å². The van der Waals surface area contributed by atoms with E-state index in [9.17, 15) is 14.8 Å². The smallest absolute Gasteiger partial charge is 0.347 e. The van der Waals surface area contributed by atoms with Crippen LogP contribution in [0.5, 0.6) is 0 Å². The molecule has 1 atom stereocenters. The van der Waals surface area contributed by atoms with Crippen molar-refractivity contribution in [3.8, 4) is 0 Å². The zero-order chi connectivity index (χ0) is 11.4. The Bertz CT molecular complexity index is 256. The summed E-state index contributed by atoms with van der Waals surface area (Å²) >= 11 is 0. The zero-order valence-corrected chi connectivity index (χ0v) is 8.97. The maximum atomic E-state index is 11.4. The number of carbonyl (C=O) groups excluding carboxylic acids is 2. The molecule has 0 bridgehead atoms. The van der Waals surface area contributed by atoms with E-state index in [2.05, 4.69) is 0 Å². The summed E-state index contributed by atoms with van der Waals surface area (Å²) in [4.78, 5) is 23.9. The van der Waals surface area contributed by atoms with Crippen molar-refractivity contribution in [1.29, 1.82) is 0 Å². The number of hydroxylamine groups is 2. The first-order chi connectivity index (χ1) is 7.10. The van der Waals surface area contributed by atoms with Crippen LogP contribution in [-0.2, 0) is 9.53 Å². The molecule has 1 heterocycles. The molecule has 1 unspecified atom stereocenters. The van der Waals surface area contributed by atoms with Crippen LogP contribution < -0.4 is 0 Å². The van der Waals surface area contributed by atoms with Crippen LogP contribution in [-0.4, -0.2) is 46.5 Å². The summed E-state index contributed by atoms with van der Waals surface area (Å²) in [5.74, 6) is -0.420. The van der Waals surface area contributed by atoms with Gasteiger partial charge in [0, 0.05) is 25.9 Å². The van der Waals surface area contributed by atoms with E-state index in [1.807, 2.05) is 6.92 Å². The second kappa shape index (κ2) is 4.97. The third-order valence-electron chi connectivity index (χ3n) is 2.32. The van der Waals surface area contributed by atoms with Gasteiger partial charge < -0.3 is 9.64 Å². The van der Waals surface area contributed by atoms with E-state index in [1.54, 1.807) is 6.92 Å². The Morgan fingerprint density at radius 2 is 2.27 bits per heavy atom. The van der Waals surface area contributed by atoms with Gasteiger partial charge >= 0.3 is 12.0 Å². The summed E-state index contributed by atoms with van der Waals surface area (Å²) in [6.07, 6.45) is -0.176. The number of carbonyl (C=O) groups is 2. The molecule has 86 valence electrons. The average Bonchev–Trinajstić information content (AvgIpc) is 2.25. The maximum absolute atomic E-state index is 11.4. The van der Waals surface area contributed by atoms with Gasteiger partial charge in [0.05, 0.1) is 0 Å². The first-order valence-electron chi connectivity index (χ1n) is 5.06. The number of urea groups is 1. The highest BCUT2D eigenvalue weighted by molar-refractivity contribution is 5.75. The second-order valence-corrected chi connectivity index (χ2v) is 3.29. The van der Waals surface area contributed by atoms with Gasteiger partial charge in [-0.25, -0.2) is 4.79 Å². The Morgan fingerprint density at radius 1 is 1.60 bits per heavy atom. The van der Waals surface area contributed by atoms with Gasteiger partial charge in [-0.05, 0) is 6.92 Å². The lowest BCUT2D eigenvalue weighted by atomic mass is 10.3. The van der Waals surface area contributed by atoms with Crippen LogP contribution in [0.4, 0.5) is 4.79 Å². The summed E-state index contributed by atoms with van der Waals surface area (Å²) in [7, 11) is 0. The minimum absolute atomic E-state index is 0.232. The van der Waals surface area contributed by atoms with Gasteiger partial charge in [-0.15, -0.1) is 0 Å². The standard InChI is InChI=1S/C9H16N2O4/c1-3-8(12)15-7-5-6-10(4-2)9(13)11(7)14/h7,14H,3-6H2,1-2H3. The Labute approximate surface area is 88.4 Å². The molecule has 1 saturated heterocycles. The van der Waals surface area contributed by atoms with E-state index in [0.717, 1.165) is 0 Å². The molecule has 0 aromatic rings. The molecule has 0 aromatic heterocycles. The van der Waals surface area contributed by atoms with Crippen LogP contribution in [0.1, 0.15) is 26.7 Å². The van der Waals surface area contributed by atoms with Gasteiger partial charge in [-0.3, -0.25) is 10.0 Å². The van der Waals surface area contributed by atoms with E-state index in [-0.39, 0.29) is 6.42 Å². The number of hydrogen-bond donors (Lipinski definition) is 1. The Hall–Kier alpha value is -1.30. The largest absolute Gasteiger partial charge is 0.439 e. The summed E-state index contributed by atoms with van der Waals surface area (Å²) in [5.41, 5.74) is 0. The van der Waals surface area contributed by atoms with Gasteiger partial charge in [-0.1, -0.05) is 6.92 Å². The van der Waals surface area contributed by atoms with Crippen LogP contribution in [0.2, 0.25) is 0 Å². The second-order valence-electron chi connectivity index (χ2n) is 3.29. The van der Waals surface area contributed by atoms with Crippen molar-refractivity contribution in [2.24, 2.45) is 0 Å². The van der Waals surface area contributed by atoms with Gasteiger partial charge in [-0.2, -0.15) is 5.06 Å². The molecular weight excluding hydrogens is 200 g/mol. The van der Waals surface area contributed by atoms with Gasteiger partial charge in [0.1, 0.15) is 0 Å². The van der Waals surface area contributed by atoms with Crippen LogP contribution in [0, 0.1) is 0 Å². The summed E-state index contributed by atoms with van der Waals surface area (Å²) in [5, 5.41) is 9.93. The number of esters is 1. The molecule has 0 spiro atoms. The number of ether oxygens (including phenoxy) is 1. The number of nitrogens with zero attached hydrogens (tertiary/aromatic N) is 2. The van der Waals surface area contributed by atoms with Crippen molar-refractivity contribution in [1.82, 2.24) is 9.96 Å². The molecule has 15 heavy (non-hydrogen) atoms. The fourth-order valence-corrected chi connectivity index (χ4v) is 1.39. The number of hydrogen-bond acceptors (Lipinski definition) is 4. The number of amides is 2. The summed E-state index contributed by atoms with van der Waals surface area (Å²) < 4.78 is 4.91. The molecule has 1 fully saturated rings. The van der Waals surface area contributed by atoms with Crippen molar-refractivity contribution < 1.29 is 19.5 Å². The molecule has 1 N–H and O–H groups in total. The minimum atomic E-state index is -0.840. The van der Waals surface area contributed by atoms with E-state index in [0.29, 0.717) is 24.6 Å². The van der Waals surface area contributed by atoms with Gasteiger partial charge in [0.15, 0.2) is 0 Å². The van der Waals surface area contributed by atoms with Gasteiger partial charge in [0.2, 0.25) is 6.23 Å². The SMILES string of the molecule is CCC(=O)OC1CCN(CC)C(=O)N1O. The highest BCUT2D eigenvalue weighted by Gasteiger charge is 2.33. The highest BCUT2D eigenvalue weighted by Crippen LogP contribution is 2.15. The van der Waals surface area contributed by atoms with Gasteiger partial charge in [0.25, 0.3) is 0 Å². The fraction of sp³-hybridized carbons (Fsp3) is 0.778. The molecule has 1 aliphatic rings. The molecule has 0 aromatic carbocycles.